The zero-order chi connectivity index (χ0) is 27.9. The third-order valence-electron chi connectivity index (χ3n) is 6.48. The molecule has 0 aliphatic heterocycles. The Kier molecular flexibility index (Phi) is 9.49. The standard InChI is InChI=1S/C30H32Cl2N4O3/c1-4-6-9-18-35(30(38)34-27-17-12-21(31)19-25(27)32)20(3)28-33-26-11-8-7-10-24(26)29(37)36(28)22-13-15-23(16-14-22)39-5-2/h7-8,10-17,19-20H,4-6,9,18H2,1-3H3,(H,34,38). The van der Waals surface area contributed by atoms with Crippen LogP contribution < -0.4 is 15.6 Å². The van der Waals surface area contributed by atoms with E-state index in [0.29, 0.717) is 57.0 Å². The summed E-state index contributed by atoms with van der Waals surface area (Å²) in [6.07, 6.45) is 2.75. The molecule has 1 heterocycles. The number of aromatic nitrogens is 2. The topological polar surface area (TPSA) is 76.5 Å². The SMILES string of the molecule is CCCCCN(C(=O)Nc1ccc(Cl)cc1Cl)C(C)c1nc2ccccc2c(=O)n1-c1ccc(OCC)cc1. The van der Waals surface area contributed by atoms with Crippen LogP contribution in [0.25, 0.3) is 16.6 Å². The molecule has 0 bridgehead atoms. The van der Waals surface area contributed by atoms with Crippen LogP contribution in [0.15, 0.2) is 71.5 Å². The lowest BCUT2D eigenvalue weighted by molar-refractivity contribution is 0.187. The molecule has 0 spiro atoms. The van der Waals surface area contributed by atoms with E-state index >= 15 is 0 Å². The number of unbranched alkanes of at least 4 members (excludes halogenated alkanes) is 2. The number of halogens is 2. The maximum Gasteiger partial charge on any atom is 0.322 e. The van der Waals surface area contributed by atoms with Gasteiger partial charge < -0.3 is 15.0 Å². The quantitative estimate of drug-likeness (QED) is 0.198. The molecule has 2 amide bonds. The van der Waals surface area contributed by atoms with Crippen molar-refractivity contribution < 1.29 is 9.53 Å². The van der Waals surface area contributed by atoms with E-state index in [9.17, 15) is 9.59 Å². The van der Waals surface area contributed by atoms with Crippen LogP contribution in [-0.4, -0.2) is 33.6 Å². The van der Waals surface area contributed by atoms with Crippen molar-refractivity contribution in [2.45, 2.75) is 46.1 Å². The summed E-state index contributed by atoms with van der Waals surface area (Å²) in [6.45, 7) is 6.92. The number of rotatable bonds is 10. The van der Waals surface area contributed by atoms with Gasteiger partial charge >= 0.3 is 6.03 Å². The van der Waals surface area contributed by atoms with Gasteiger partial charge in [0.1, 0.15) is 11.6 Å². The number of para-hydroxylation sites is 1. The molecule has 0 saturated heterocycles. The molecule has 1 aromatic heterocycles. The maximum atomic E-state index is 13.8. The van der Waals surface area contributed by atoms with Crippen LogP contribution >= 0.6 is 23.2 Å². The number of urea groups is 1. The Morgan fingerprint density at radius 1 is 1.05 bits per heavy atom. The second-order valence-electron chi connectivity index (χ2n) is 9.19. The van der Waals surface area contributed by atoms with Crippen molar-refractivity contribution in [3.8, 4) is 11.4 Å². The van der Waals surface area contributed by atoms with Crippen LogP contribution in [0, 0.1) is 0 Å². The van der Waals surface area contributed by atoms with Gasteiger partial charge in [-0.25, -0.2) is 9.78 Å². The van der Waals surface area contributed by atoms with Gasteiger partial charge in [0.25, 0.3) is 5.56 Å². The van der Waals surface area contributed by atoms with Gasteiger partial charge in [-0.1, -0.05) is 55.1 Å². The molecule has 4 aromatic rings. The summed E-state index contributed by atoms with van der Waals surface area (Å²) in [4.78, 5) is 34.1. The fraction of sp³-hybridized carbons (Fsp3) is 0.300. The highest BCUT2D eigenvalue weighted by atomic mass is 35.5. The normalized spacial score (nSPS) is 11.8. The monoisotopic (exact) mass is 566 g/mol. The Labute approximate surface area is 238 Å². The fourth-order valence-electron chi connectivity index (χ4n) is 4.46. The van der Waals surface area contributed by atoms with Crippen LogP contribution in [0.2, 0.25) is 10.0 Å². The predicted octanol–water partition coefficient (Wildman–Crippen LogP) is 7.88. The Morgan fingerprint density at radius 3 is 2.49 bits per heavy atom. The first kappa shape index (κ1) is 28.5. The molecule has 0 radical (unpaired) electrons. The van der Waals surface area contributed by atoms with Crippen LogP contribution in [0.3, 0.4) is 0 Å². The predicted molar refractivity (Wildman–Crippen MR) is 159 cm³/mol. The number of amides is 2. The molecule has 7 nitrogen and oxygen atoms in total. The smallest absolute Gasteiger partial charge is 0.322 e. The number of nitrogens with one attached hydrogen (secondary N) is 1. The highest BCUT2D eigenvalue weighted by Gasteiger charge is 2.27. The van der Waals surface area contributed by atoms with E-state index in [0.717, 1.165) is 19.3 Å². The number of fused-ring (bicyclic) bond motifs is 1. The van der Waals surface area contributed by atoms with E-state index in [-0.39, 0.29) is 11.6 Å². The molecule has 39 heavy (non-hydrogen) atoms. The first-order valence-corrected chi connectivity index (χ1v) is 13.9. The minimum absolute atomic E-state index is 0.207. The molecule has 1 atom stereocenters. The third kappa shape index (κ3) is 6.54. The lowest BCUT2D eigenvalue weighted by atomic mass is 10.1. The molecule has 1 N–H and O–H groups in total. The Bertz CT molecular complexity index is 1500. The maximum absolute atomic E-state index is 13.8. The van der Waals surface area contributed by atoms with Gasteiger partial charge in [-0.3, -0.25) is 9.36 Å². The summed E-state index contributed by atoms with van der Waals surface area (Å²) in [5.41, 5.74) is 1.45. The van der Waals surface area contributed by atoms with Crippen molar-refractivity contribution in [1.29, 1.82) is 0 Å². The van der Waals surface area contributed by atoms with Crippen LogP contribution in [-0.2, 0) is 0 Å². The second kappa shape index (κ2) is 13.0. The number of nitrogens with zero attached hydrogens (tertiary/aromatic N) is 3. The van der Waals surface area contributed by atoms with Gasteiger partial charge in [-0.15, -0.1) is 0 Å². The Morgan fingerprint density at radius 2 is 1.79 bits per heavy atom. The Hall–Kier alpha value is -3.55. The summed E-state index contributed by atoms with van der Waals surface area (Å²) in [5.74, 6) is 1.16. The zero-order valence-corrected chi connectivity index (χ0v) is 23.8. The molecule has 3 aromatic carbocycles. The first-order valence-electron chi connectivity index (χ1n) is 13.1. The van der Waals surface area contributed by atoms with Gasteiger partial charge in [0, 0.05) is 11.6 Å². The van der Waals surface area contributed by atoms with E-state index in [2.05, 4.69) is 12.2 Å². The van der Waals surface area contributed by atoms with Crippen LogP contribution in [0.4, 0.5) is 10.5 Å². The number of anilines is 1. The molecular formula is C30H32Cl2N4O3. The molecule has 0 aliphatic carbocycles. The number of hydrogen-bond acceptors (Lipinski definition) is 4. The first-order chi connectivity index (χ1) is 18.8. The third-order valence-corrected chi connectivity index (χ3v) is 7.03. The number of benzene rings is 3. The summed E-state index contributed by atoms with van der Waals surface area (Å²) >= 11 is 12.4. The highest BCUT2D eigenvalue weighted by molar-refractivity contribution is 6.36. The second-order valence-corrected chi connectivity index (χ2v) is 10.0. The van der Waals surface area contributed by atoms with Crippen molar-refractivity contribution in [3.63, 3.8) is 0 Å². The Balaban J connectivity index is 1.80. The molecule has 9 heteroatoms. The molecule has 0 aliphatic rings. The van der Waals surface area contributed by atoms with E-state index in [4.69, 9.17) is 32.9 Å². The van der Waals surface area contributed by atoms with Crippen LogP contribution in [0.1, 0.15) is 51.9 Å². The molecular weight excluding hydrogens is 535 g/mol. The summed E-state index contributed by atoms with van der Waals surface area (Å²) in [5, 5.41) is 4.23. The molecule has 0 saturated carbocycles. The average Bonchev–Trinajstić information content (AvgIpc) is 2.93. The average molecular weight is 568 g/mol. The van der Waals surface area contributed by atoms with Crippen LogP contribution in [0.5, 0.6) is 5.75 Å². The van der Waals surface area contributed by atoms with E-state index in [1.807, 2.05) is 56.3 Å². The molecule has 0 fully saturated rings. The molecule has 1 unspecified atom stereocenters. The summed E-state index contributed by atoms with van der Waals surface area (Å²) < 4.78 is 7.17. The fourth-order valence-corrected chi connectivity index (χ4v) is 4.91. The van der Waals surface area contributed by atoms with E-state index < -0.39 is 6.04 Å². The van der Waals surface area contributed by atoms with Crippen molar-refractivity contribution in [2.24, 2.45) is 0 Å². The lowest BCUT2D eigenvalue weighted by Crippen LogP contribution is -2.40. The van der Waals surface area contributed by atoms with E-state index in [1.54, 1.807) is 33.7 Å². The number of carbonyl (C=O) groups excluding carboxylic acids is 1. The largest absolute Gasteiger partial charge is 0.494 e. The van der Waals surface area contributed by atoms with Gasteiger partial charge in [0.2, 0.25) is 0 Å². The number of carbonyl (C=O) groups is 1. The van der Waals surface area contributed by atoms with Crippen molar-refractivity contribution >= 4 is 45.8 Å². The van der Waals surface area contributed by atoms with Gasteiger partial charge in [-0.2, -0.15) is 0 Å². The van der Waals surface area contributed by atoms with Gasteiger partial charge in [0.05, 0.1) is 39.9 Å². The zero-order valence-electron chi connectivity index (χ0n) is 22.3. The molecule has 4 rings (SSSR count). The van der Waals surface area contributed by atoms with Crippen molar-refractivity contribution in [3.05, 3.63) is 93.0 Å². The van der Waals surface area contributed by atoms with E-state index in [1.165, 1.54) is 0 Å². The number of ether oxygens (including phenoxy) is 1. The number of hydrogen-bond donors (Lipinski definition) is 1. The minimum atomic E-state index is -0.545. The molecule has 204 valence electrons. The van der Waals surface area contributed by atoms with Gasteiger partial charge in [-0.05, 0) is 74.9 Å². The van der Waals surface area contributed by atoms with Gasteiger partial charge in [0.15, 0.2) is 0 Å². The van der Waals surface area contributed by atoms with Crippen molar-refractivity contribution in [2.75, 3.05) is 18.5 Å². The minimum Gasteiger partial charge on any atom is -0.494 e. The summed E-state index contributed by atoms with van der Waals surface area (Å²) in [7, 11) is 0. The van der Waals surface area contributed by atoms with Crippen molar-refractivity contribution in [1.82, 2.24) is 14.5 Å². The highest BCUT2D eigenvalue weighted by Crippen LogP contribution is 2.28. The summed E-state index contributed by atoms with van der Waals surface area (Å²) in [6, 6.07) is 18.6. The lowest BCUT2D eigenvalue weighted by Gasteiger charge is -2.31.